The lowest BCUT2D eigenvalue weighted by molar-refractivity contribution is -0.121. The summed E-state index contributed by atoms with van der Waals surface area (Å²) in [5, 5.41) is 24.1. The minimum atomic E-state index is -0.589. The maximum Gasteiger partial charge on any atom is 0.220 e. The van der Waals surface area contributed by atoms with Gasteiger partial charge in [0.15, 0.2) is 0 Å². The molecule has 1 aromatic rings. The molecule has 5 heteroatoms. The number of hydrogen-bond acceptors (Lipinski definition) is 4. The van der Waals surface area contributed by atoms with E-state index < -0.39 is 12.2 Å². The van der Waals surface area contributed by atoms with Crippen molar-refractivity contribution in [2.45, 2.75) is 89.9 Å². The first kappa shape index (κ1) is 25.3. The van der Waals surface area contributed by atoms with Crippen molar-refractivity contribution < 1.29 is 19.7 Å². The summed E-state index contributed by atoms with van der Waals surface area (Å²) in [6.45, 7) is 6.65. The van der Waals surface area contributed by atoms with Crippen molar-refractivity contribution in [1.29, 1.82) is 0 Å². The van der Waals surface area contributed by atoms with Crippen LogP contribution in [-0.4, -0.2) is 41.0 Å². The lowest BCUT2D eigenvalue weighted by Gasteiger charge is -2.19. The molecule has 1 aliphatic carbocycles. The third kappa shape index (κ3) is 6.40. The molecule has 1 aliphatic heterocycles. The highest BCUT2D eigenvalue weighted by atomic mass is 16.5. The van der Waals surface area contributed by atoms with Crippen molar-refractivity contribution in [2.75, 3.05) is 6.54 Å². The van der Waals surface area contributed by atoms with Crippen molar-refractivity contribution in [3.63, 3.8) is 0 Å². The summed E-state index contributed by atoms with van der Waals surface area (Å²) in [5.74, 6) is 6.97. The zero-order valence-corrected chi connectivity index (χ0v) is 20.2. The second-order valence-corrected chi connectivity index (χ2v) is 9.44. The Labute approximate surface area is 198 Å². The van der Waals surface area contributed by atoms with Crippen molar-refractivity contribution in [3.8, 4) is 17.6 Å². The van der Waals surface area contributed by atoms with Crippen molar-refractivity contribution in [1.82, 2.24) is 5.32 Å². The van der Waals surface area contributed by atoms with E-state index in [1.54, 1.807) is 6.92 Å². The minimum Gasteiger partial charge on any atom is -0.489 e. The molecule has 1 aromatic carbocycles. The van der Waals surface area contributed by atoms with Crippen LogP contribution in [0.25, 0.3) is 0 Å². The van der Waals surface area contributed by atoms with E-state index in [0.717, 1.165) is 49.1 Å². The maximum atomic E-state index is 12.0. The van der Waals surface area contributed by atoms with Crippen LogP contribution in [0, 0.1) is 23.7 Å². The average molecular weight is 454 g/mol. The molecule has 0 radical (unpaired) electrons. The molecule has 1 saturated carbocycles. The number of nitrogens with one attached hydrogen (secondary N) is 1. The Morgan fingerprint density at radius 3 is 2.94 bits per heavy atom. The fourth-order valence-corrected chi connectivity index (χ4v) is 4.91. The quantitative estimate of drug-likeness (QED) is 0.268. The molecule has 5 nitrogen and oxygen atoms in total. The topological polar surface area (TPSA) is 78.8 Å². The van der Waals surface area contributed by atoms with Gasteiger partial charge in [-0.25, -0.2) is 0 Å². The molecule has 180 valence electrons. The van der Waals surface area contributed by atoms with E-state index in [9.17, 15) is 15.0 Å². The largest absolute Gasteiger partial charge is 0.489 e. The number of carbonyl (C=O) groups is 1. The van der Waals surface area contributed by atoms with E-state index in [4.69, 9.17) is 4.74 Å². The number of amides is 1. The monoisotopic (exact) mass is 453 g/mol. The summed E-state index contributed by atoms with van der Waals surface area (Å²) in [7, 11) is 0. The summed E-state index contributed by atoms with van der Waals surface area (Å²) in [6.07, 6.45) is 8.07. The normalized spacial score (nSPS) is 25.0. The fraction of sp³-hybridized carbons (Fsp3) is 0.607. The SMILES string of the molecule is CC#CC[C@H](C)[C@H](O)/C=C/[C@@H]1[C@H]2c3cccc(CCCC(=O)NCCCC)c3O[C@H]2C[C@H]1O. The standard InChI is InChI=1S/C28H39NO4/c1-4-6-10-19(3)23(30)16-15-21-24(31)18-25-27(21)22-13-8-11-20(28(22)33-25)12-9-14-26(32)29-17-7-5-2/h8,11,13,15-16,19,21,23-25,27,30-31H,5,7,9-10,12,14,17-18H2,1-3H3,(H,29,32)/b16-15+/t19-,21-,23+,24+,25-,27-/m0/s1. The van der Waals surface area contributed by atoms with E-state index >= 15 is 0 Å². The Morgan fingerprint density at radius 1 is 1.36 bits per heavy atom. The van der Waals surface area contributed by atoms with E-state index in [-0.39, 0.29) is 29.8 Å². The first-order valence-corrected chi connectivity index (χ1v) is 12.4. The number of carbonyl (C=O) groups excluding carboxylic acids is 1. The number of aliphatic hydroxyl groups is 2. The van der Waals surface area contributed by atoms with Gasteiger partial charge in [-0.3, -0.25) is 4.79 Å². The van der Waals surface area contributed by atoms with E-state index in [0.29, 0.717) is 19.3 Å². The van der Waals surface area contributed by atoms with Crippen molar-refractivity contribution in [2.24, 2.45) is 11.8 Å². The summed E-state index contributed by atoms with van der Waals surface area (Å²) in [5.41, 5.74) is 2.27. The Balaban J connectivity index is 1.64. The van der Waals surface area contributed by atoms with Crippen LogP contribution in [0.15, 0.2) is 30.4 Å². The van der Waals surface area contributed by atoms with E-state index in [1.165, 1.54) is 0 Å². The molecule has 1 fully saturated rings. The first-order chi connectivity index (χ1) is 16.0. The second-order valence-electron chi connectivity index (χ2n) is 9.44. The molecule has 3 rings (SSSR count). The molecule has 0 bridgehead atoms. The highest BCUT2D eigenvalue weighted by Crippen LogP contribution is 2.52. The van der Waals surface area contributed by atoms with Gasteiger partial charge >= 0.3 is 0 Å². The van der Waals surface area contributed by atoms with Gasteiger partial charge in [0, 0.05) is 43.2 Å². The molecule has 1 heterocycles. The molecular weight excluding hydrogens is 414 g/mol. The molecule has 0 spiro atoms. The van der Waals surface area contributed by atoms with Crippen LogP contribution in [0.5, 0.6) is 5.75 Å². The van der Waals surface area contributed by atoms with Crippen LogP contribution < -0.4 is 10.1 Å². The van der Waals surface area contributed by atoms with Gasteiger partial charge in [0.05, 0.1) is 12.2 Å². The van der Waals surface area contributed by atoms with Crippen molar-refractivity contribution >= 4 is 5.91 Å². The van der Waals surface area contributed by atoms with Crippen LogP contribution in [0.4, 0.5) is 0 Å². The summed E-state index contributed by atoms with van der Waals surface area (Å²) < 4.78 is 6.33. The Morgan fingerprint density at radius 2 is 2.18 bits per heavy atom. The van der Waals surface area contributed by atoms with E-state index in [2.05, 4.69) is 36.2 Å². The summed E-state index contributed by atoms with van der Waals surface area (Å²) in [4.78, 5) is 12.0. The number of aliphatic hydroxyl groups excluding tert-OH is 2. The predicted molar refractivity (Wildman–Crippen MR) is 131 cm³/mol. The third-order valence-electron chi connectivity index (χ3n) is 6.91. The second kappa shape index (κ2) is 12.3. The highest BCUT2D eigenvalue weighted by Gasteiger charge is 2.48. The van der Waals surface area contributed by atoms with Gasteiger partial charge in [-0.15, -0.1) is 11.8 Å². The van der Waals surface area contributed by atoms with E-state index in [1.807, 2.05) is 25.1 Å². The Bertz CT molecular complexity index is 884. The molecular formula is C28H39NO4. The van der Waals surface area contributed by atoms with Gasteiger partial charge in [0.1, 0.15) is 11.9 Å². The Kier molecular flexibility index (Phi) is 9.41. The number of para-hydroxylation sites is 1. The number of hydrogen-bond donors (Lipinski definition) is 3. The maximum absolute atomic E-state index is 12.0. The fourth-order valence-electron chi connectivity index (χ4n) is 4.91. The van der Waals surface area contributed by atoms with Crippen LogP contribution in [0.3, 0.4) is 0 Å². The van der Waals surface area contributed by atoms with Gasteiger partial charge in [-0.05, 0) is 37.7 Å². The van der Waals surface area contributed by atoms with Gasteiger partial charge in [-0.2, -0.15) is 0 Å². The lowest BCUT2D eigenvalue weighted by atomic mass is 9.86. The van der Waals surface area contributed by atoms with Gasteiger partial charge in [0.25, 0.3) is 0 Å². The van der Waals surface area contributed by atoms with Gasteiger partial charge in [0.2, 0.25) is 5.91 Å². The minimum absolute atomic E-state index is 0.0425. The summed E-state index contributed by atoms with van der Waals surface area (Å²) >= 11 is 0. The zero-order valence-electron chi connectivity index (χ0n) is 20.2. The molecule has 0 unspecified atom stereocenters. The molecule has 1 amide bonds. The van der Waals surface area contributed by atoms with Crippen LogP contribution in [-0.2, 0) is 11.2 Å². The van der Waals surface area contributed by atoms with Gasteiger partial charge in [-0.1, -0.05) is 50.6 Å². The molecule has 6 atom stereocenters. The number of aryl methyl sites for hydroxylation is 1. The molecule has 2 aliphatic rings. The van der Waals surface area contributed by atoms with Crippen LogP contribution in [0.1, 0.15) is 76.3 Å². The number of rotatable bonds is 11. The van der Waals surface area contributed by atoms with Crippen LogP contribution >= 0.6 is 0 Å². The number of ether oxygens (including phenoxy) is 1. The van der Waals surface area contributed by atoms with Crippen LogP contribution in [0.2, 0.25) is 0 Å². The zero-order chi connectivity index (χ0) is 23.8. The lowest BCUT2D eigenvalue weighted by Crippen LogP contribution is -2.24. The van der Waals surface area contributed by atoms with Gasteiger partial charge < -0.3 is 20.3 Å². The molecule has 0 aromatic heterocycles. The Hall–Kier alpha value is -2.29. The third-order valence-corrected chi connectivity index (χ3v) is 6.91. The number of benzene rings is 1. The number of unbranched alkanes of at least 4 members (excludes halogenated alkanes) is 1. The highest BCUT2D eigenvalue weighted by molar-refractivity contribution is 5.75. The smallest absolute Gasteiger partial charge is 0.220 e. The average Bonchev–Trinajstić information content (AvgIpc) is 3.31. The summed E-state index contributed by atoms with van der Waals surface area (Å²) in [6, 6.07) is 6.22. The first-order valence-electron chi connectivity index (χ1n) is 12.4. The molecule has 33 heavy (non-hydrogen) atoms. The number of fused-ring (bicyclic) bond motifs is 3. The molecule has 0 saturated heterocycles. The predicted octanol–water partition coefficient (Wildman–Crippen LogP) is 4.12. The molecule has 3 N–H and O–H groups in total. The van der Waals surface area contributed by atoms with Crippen molar-refractivity contribution in [3.05, 3.63) is 41.5 Å².